The minimum atomic E-state index is -0.453. The molecule has 0 bridgehead atoms. The number of hydrogen-bond acceptors (Lipinski definition) is 7. The Morgan fingerprint density at radius 3 is 2.69 bits per heavy atom. The van der Waals surface area contributed by atoms with Gasteiger partial charge in [0.05, 0.1) is 32.1 Å². The second kappa shape index (κ2) is 13.5. The van der Waals surface area contributed by atoms with Crippen LogP contribution in [0.3, 0.4) is 0 Å². The van der Waals surface area contributed by atoms with Gasteiger partial charge in [-0.2, -0.15) is 0 Å². The maximum atomic E-state index is 12.5. The molecule has 0 saturated carbocycles. The zero-order valence-corrected chi connectivity index (χ0v) is 24.1. The van der Waals surface area contributed by atoms with E-state index < -0.39 is 5.41 Å². The number of benzene rings is 2. The third kappa shape index (κ3) is 7.44. The minimum Gasteiger partial charge on any atom is -0.497 e. The molecule has 0 spiro atoms. The molecule has 3 atom stereocenters. The van der Waals surface area contributed by atoms with Crippen LogP contribution in [0.4, 0.5) is 5.69 Å². The second-order valence-corrected chi connectivity index (χ2v) is 11.2. The summed E-state index contributed by atoms with van der Waals surface area (Å²) in [5.74, 6) is 2.04. The van der Waals surface area contributed by atoms with Gasteiger partial charge in [0, 0.05) is 51.2 Å². The van der Waals surface area contributed by atoms with Crippen molar-refractivity contribution in [3.05, 3.63) is 53.6 Å². The number of nitrogens with zero attached hydrogens (tertiary/aromatic N) is 1. The van der Waals surface area contributed by atoms with Gasteiger partial charge in [-0.15, -0.1) is 0 Å². The number of hydrogen-bond donors (Lipinski definition) is 2. The smallest absolute Gasteiger partial charge is 0.225 e. The number of amides is 1. The number of carbonyl (C=O) groups excluding carboxylic acids is 1. The van der Waals surface area contributed by atoms with Crippen LogP contribution in [0, 0.1) is 5.41 Å². The van der Waals surface area contributed by atoms with Gasteiger partial charge in [-0.05, 0) is 54.7 Å². The van der Waals surface area contributed by atoms with Crippen LogP contribution in [-0.4, -0.2) is 72.2 Å². The molecule has 2 heterocycles. The van der Waals surface area contributed by atoms with Crippen molar-refractivity contribution in [1.82, 2.24) is 10.6 Å². The van der Waals surface area contributed by atoms with Crippen LogP contribution in [-0.2, 0) is 20.9 Å². The monoisotopic (exact) mass is 539 g/mol. The first-order chi connectivity index (χ1) is 18.8. The molecule has 0 aliphatic carbocycles. The fraction of sp³-hybridized carbons (Fsp3) is 0.581. The number of nitrogens with one attached hydrogen (secondary N) is 2. The third-order valence-electron chi connectivity index (χ3n) is 7.96. The summed E-state index contributed by atoms with van der Waals surface area (Å²) in [6, 6.07) is 14.9. The molecular formula is C31H45N3O5. The highest BCUT2D eigenvalue weighted by molar-refractivity contribution is 5.81. The van der Waals surface area contributed by atoms with Crippen molar-refractivity contribution in [1.29, 1.82) is 0 Å². The van der Waals surface area contributed by atoms with E-state index in [2.05, 4.69) is 45.9 Å². The minimum absolute atomic E-state index is 0.00264. The van der Waals surface area contributed by atoms with E-state index in [0.29, 0.717) is 13.2 Å². The number of anilines is 1. The Labute approximate surface area is 233 Å². The molecule has 214 valence electrons. The molecule has 2 N–H and O–H groups in total. The lowest BCUT2D eigenvalue weighted by Gasteiger charge is -2.40. The van der Waals surface area contributed by atoms with Crippen LogP contribution < -0.4 is 25.0 Å². The number of fused-ring (bicyclic) bond motifs is 1. The Morgan fingerprint density at radius 1 is 1.18 bits per heavy atom. The maximum absolute atomic E-state index is 12.5. The lowest BCUT2D eigenvalue weighted by molar-refractivity contribution is -0.129. The molecule has 0 aromatic heterocycles. The van der Waals surface area contributed by atoms with Gasteiger partial charge in [0.2, 0.25) is 5.91 Å². The van der Waals surface area contributed by atoms with Gasteiger partial charge < -0.3 is 34.5 Å². The first-order valence-electron chi connectivity index (χ1n) is 14.1. The van der Waals surface area contributed by atoms with Crippen molar-refractivity contribution < 1.29 is 23.7 Å². The molecule has 2 aromatic carbocycles. The number of rotatable bonds is 12. The average Bonchev–Trinajstić information content (AvgIpc) is 2.96. The van der Waals surface area contributed by atoms with Crippen LogP contribution in [0.2, 0.25) is 0 Å². The van der Waals surface area contributed by atoms with Crippen molar-refractivity contribution >= 4 is 11.6 Å². The fourth-order valence-corrected chi connectivity index (χ4v) is 5.79. The predicted octanol–water partition coefficient (Wildman–Crippen LogP) is 4.12. The van der Waals surface area contributed by atoms with Gasteiger partial charge in [-0.3, -0.25) is 4.79 Å². The molecule has 4 rings (SSSR count). The second-order valence-electron chi connectivity index (χ2n) is 11.2. The van der Waals surface area contributed by atoms with Crippen molar-refractivity contribution in [2.45, 2.75) is 57.8 Å². The molecular weight excluding hydrogens is 494 g/mol. The number of ether oxygens (including phenoxy) is 4. The van der Waals surface area contributed by atoms with Crippen molar-refractivity contribution in [2.24, 2.45) is 5.41 Å². The highest BCUT2D eigenvalue weighted by Gasteiger charge is 2.37. The van der Waals surface area contributed by atoms with E-state index in [9.17, 15) is 4.79 Å². The molecule has 2 unspecified atom stereocenters. The van der Waals surface area contributed by atoms with E-state index in [0.717, 1.165) is 68.3 Å². The highest BCUT2D eigenvalue weighted by Crippen LogP contribution is 2.37. The SMILES string of the molecule is CNC(=O)C(C)(C)CC1CC(c2ccc(OC)cc2)[C@@H](OCc2ccc3c(c2)N(CCCOC)CCO3)CN1. The van der Waals surface area contributed by atoms with Gasteiger partial charge in [0.1, 0.15) is 18.1 Å². The van der Waals surface area contributed by atoms with Crippen LogP contribution >= 0.6 is 0 Å². The molecule has 0 radical (unpaired) electrons. The Hall–Kier alpha value is -2.81. The van der Waals surface area contributed by atoms with Crippen LogP contribution in [0.15, 0.2) is 42.5 Å². The fourth-order valence-electron chi connectivity index (χ4n) is 5.79. The van der Waals surface area contributed by atoms with Crippen LogP contribution in [0.5, 0.6) is 11.5 Å². The summed E-state index contributed by atoms with van der Waals surface area (Å²) in [4.78, 5) is 14.8. The molecule has 2 aliphatic heterocycles. The summed E-state index contributed by atoms with van der Waals surface area (Å²) in [6.07, 6.45) is 2.63. The molecule has 8 heteroatoms. The Kier molecular flexibility index (Phi) is 10.1. The summed E-state index contributed by atoms with van der Waals surface area (Å²) in [7, 11) is 5.13. The standard InChI is InChI=1S/C31H45N3O5/c1-31(2,30(35)32-3)19-24-18-26(23-8-10-25(37-5)11-9-23)29(20-33-24)39-21-22-7-12-28-27(17-22)34(14-16-38-28)13-6-15-36-4/h7-12,17,24,26,29,33H,6,13-16,18-21H2,1-5H3,(H,32,35)/t24?,26?,29-/m0/s1. The topological polar surface area (TPSA) is 81.3 Å². The van der Waals surface area contributed by atoms with E-state index in [4.69, 9.17) is 18.9 Å². The normalized spacial score (nSPS) is 21.2. The van der Waals surface area contributed by atoms with E-state index >= 15 is 0 Å². The Balaban J connectivity index is 1.47. The Bertz CT molecular complexity index is 1070. The molecule has 1 fully saturated rings. The largest absolute Gasteiger partial charge is 0.497 e. The number of methoxy groups -OCH3 is 2. The van der Waals surface area contributed by atoms with Gasteiger partial charge in [-0.25, -0.2) is 0 Å². The van der Waals surface area contributed by atoms with Gasteiger partial charge >= 0.3 is 0 Å². The zero-order valence-electron chi connectivity index (χ0n) is 24.1. The van der Waals surface area contributed by atoms with Crippen molar-refractivity contribution in [3.63, 3.8) is 0 Å². The van der Waals surface area contributed by atoms with Gasteiger partial charge in [0.25, 0.3) is 0 Å². The van der Waals surface area contributed by atoms with Crippen LogP contribution in [0.1, 0.15) is 50.2 Å². The first kappa shape index (κ1) is 29.2. The van der Waals surface area contributed by atoms with Gasteiger partial charge in [-0.1, -0.05) is 32.0 Å². The molecule has 8 nitrogen and oxygen atoms in total. The number of carbonyl (C=O) groups is 1. The van der Waals surface area contributed by atoms with Gasteiger partial charge in [0.15, 0.2) is 0 Å². The van der Waals surface area contributed by atoms with Crippen molar-refractivity contribution in [3.8, 4) is 11.5 Å². The molecule has 1 amide bonds. The summed E-state index contributed by atoms with van der Waals surface area (Å²) >= 11 is 0. The average molecular weight is 540 g/mol. The first-order valence-corrected chi connectivity index (χ1v) is 14.1. The quantitative estimate of drug-likeness (QED) is 0.393. The van der Waals surface area contributed by atoms with E-state index in [1.165, 1.54) is 5.56 Å². The summed E-state index contributed by atoms with van der Waals surface area (Å²) in [6.45, 7) is 8.53. The summed E-state index contributed by atoms with van der Waals surface area (Å²) in [5.41, 5.74) is 3.04. The molecule has 1 saturated heterocycles. The zero-order chi connectivity index (χ0) is 27.8. The number of piperidine rings is 1. The van der Waals surface area contributed by atoms with E-state index in [-0.39, 0.29) is 24.0 Å². The Morgan fingerprint density at radius 2 is 1.97 bits per heavy atom. The maximum Gasteiger partial charge on any atom is 0.225 e. The summed E-state index contributed by atoms with van der Waals surface area (Å²) in [5, 5.41) is 6.49. The molecule has 2 aromatic rings. The molecule has 39 heavy (non-hydrogen) atoms. The van der Waals surface area contributed by atoms with E-state index in [1.54, 1.807) is 21.3 Å². The lowest BCUT2D eigenvalue weighted by Crippen LogP contribution is -2.50. The molecule has 2 aliphatic rings. The highest BCUT2D eigenvalue weighted by atomic mass is 16.5. The lowest BCUT2D eigenvalue weighted by atomic mass is 9.77. The van der Waals surface area contributed by atoms with Crippen LogP contribution in [0.25, 0.3) is 0 Å². The summed E-state index contributed by atoms with van der Waals surface area (Å²) < 4.78 is 23.2. The van der Waals surface area contributed by atoms with Crippen molar-refractivity contribution in [2.75, 3.05) is 59.0 Å². The third-order valence-corrected chi connectivity index (χ3v) is 7.96. The predicted molar refractivity (Wildman–Crippen MR) is 154 cm³/mol. The van der Waals surface area contributed by atoms with E-state index in [1.807, 2.05) is 26.0 Å².